The molecular weight excluding hydrogens is 386 g/mol. The van der Waals surface area contributed by atoms with Crippen molar-refractivity contribution in [3.8, 4) is 0 Å². The first-order chi connectivity index (χ1) is 13.1. The number of hydrogen-bond donors (Lipinski definition) is 2. The lowest BCUT2D eigenvalue weighted by Crippen LogP contribution is -2.38. The van der Waals surface area contributed by atoms with Gasteiger partial charge in [-0.25, -0.2) is 8.42 Å². The fourth-order valence-electron chi connectivity index (χ4n) is 2.40. The van der Waals surface area contributed by atoms with E-state index in [1.165, 1.54) is 30.3 Å². The monoisotopic (exact) mass is 405 g/mol. The summed E-state index contributed by atoms with van der Waals surface area (Å²) < 4.78 is 22.9. The van der Waals surface area contributed by atoms with E-state index in [4.69, 9.17) is 0 Å². The number of amides is 2. The summed E-state index contributed by atoms with van der Waals surface area (Å²) in [7, 11) is -3.30. The second kappa shape index (κ2) is 8.61. The van der Waals surface area contributed by atoms with E-state index >= 15 is 0 Å². The number of hydrogen-bond acceptors (Lipinski definition) is 6. The van der Waals surface area contributed by atoms with E-state index in [0.29, 0.717) is 5.56 Å². The fraction of sp³-hybridized carbons (Fsp3) is 0.222. The van der Waals surface area contributed by atoms with E-state index in [-0.39, 0.29) is 22.7 Å². The Morgan fingerprint density at radius 2 is 1.79 bits per heavy atom. The first kappa shape index (κ1) is 21.0. The summed E-state index contributed by atoms with van der Waals surface area (Å²) in [6.45, 7) is 1.41. The van der Waals surface area contributed by atoms with E-state index in [2.05, 4.69) is 10.6 Å². The van der Waals surface area contributed by atoms with Gasteiger partial charge in [0.05, 0.1) is 22.4 Å². The number of carbonyl (C=O) groups is 2. The number of sulfone groups is 1. The average Bonchev–Trinajstić information content (AvgIpc) is 2.65. The molecule has 0 saturated carbocycles. The number of benzene rings is 2. The molecule has 148 valence electrons. The molecule has 0 spiro atoms. The molecule has 0 radical (unpaired) electrons. The molecule has 0 aromatic heterocycles. The van der Waals surface area contributed by atoms with Gasteiger partial charge in [0, 0.05) is 24.0 Å². The van der Waals surface area contributed by atoms with Crippen molar-refractivity contribution in [1.82, 2.24) is 10.6 Å². The van der Waals surface area contributed by atoms with E-state index in [1.807, 2.05) is 0 Å². The molecule has 1 unspecified atom stereocenters. The first-order valence-corrected chi connectivity index (χ1v) is 10.1. The molecular formula is C18H19N3O6S. The van der Waals surface area contributed by atoms with Gasteiger partial charge in [0.1, 0.15) is 0 Å². The fourth-order valence-corrected chi connectivity index (χ4v) is 3.03. The van der Waals surface area contributed by atoms with E-state index < -0.39 is 32.6 Å². The Balaban J connectivity index is 1.92. The lowest BCUT2D eigenvalue weighted by molar-refractivity contribution is -0.384. The largest absolute Gasteiger partial charge is 0.348 e. The van der Waals surface area contributed by atoms with Gasteiger partial charge >= 0.3 is 0 Å². The third-order valence-corrected chi connectivity index (χ3v) is 5.04. The number of nitrogens with one attached hydrogen (secondary N) is 2. The summed E-state index contributed by atoms with van der Waals surface area (Å²) in [5, 5.41) is 15.8. The molecule has 2 N–H and O–H groups in total. The van der Waals surface area contributed by atoms with Crippen LogP contribution in [-0.2, 0) is 14.6 Å². The van der Waals surface area contributed by atoms with E-state index in [0.717, 1.165) is 12.3 Å². The Hall–Kier alpha value is -3.27. The molecule has 2 rings (SSSR count). The average molecular weight is 405 g/mol. The molecule has 28 heavy (non-hydrogen) atoms. The van der Waals surface area contributed by atoms with Crippen molar-refractivity contribution in [3.63, 3.8) is 0 Å². The number of nitrogens with zero attached hydrogens (tertiary/aromatic N) is 1. The lowest BCUT2D eigenvalue weighted by atomic mass is 10.1. The summed E-state index contributed by atoms with van der Waals surface area (Å²) in [6, 6.07) is 10.9. The molecule has 0 saturated heterocycles. The number of carbonyl (C=O) groups excluding carboxylic acids is 2. The van der Waals surface area contributed by atoms with Gasteiger partial charge in [-0.05, 0) is 30.7 Å². The summed E-state index contributed by atoms with van der Waals surface area (Å²) in [4.78, 5) is 34.4. The minimum atomic E-state index is -3.30. The Bertz CT molecular complexity index is 1000. The van der Waals surface area contributed by atoms with Crippen molar-refractivity contribution < 1.29 is 22.9 Å². The number of rotatable bonds is 7. The van der Waals surface area contributed by atoms with Crippen LogP contribution in [-0.4, -0.2) is 38.0 Å². The number of non-ortho nitro benzene ring substituents is 1. The SMILES string of the molecule is CC(NC(=O)CNC(=O)c1cccc([N+](=O)[O-])c1)c1ccc(S(C)(=O)=O)cc1. The van der Waals surface area contributed by atoms with Gasteiger partial charge in [-0.15, -0.1) is 0 Å². The third-order valence-electron chi connectivity index (χ3n) is 3.91. The molecule has 0 heterocycles. The number of nitro benzene ring substituents is 1. The summed E-state index contributed by atoms with van der Waals surface area (Å²) in [5.74, 6) is -1.07. The Labute approximate surface area is 161 Å². The molecule has 2 amide bonds. The van der Waals surface area contributed by atoms with Crippen LogP contribution in [0.5, 0.6) is 0 Å². The normalized spacial score (nSPS) is 12.1. The first-order valence-electron chi connectivity index (χ1n) is 8.20. The zero-order valence-corrected chi connectivity index (χ0v) is 16.0. The molecule has 9 nitrogen and oxygen atoms in total. The highest BCUT2D eigenvalue weighted by atomic mass is 32.2. The van der Waals surface area contributed by atoms with Crippen LogP contribution >= 0.6 is 0 Å². The van der Waals surface area contributed by atoms with Gasteiger partial charge in [0.15, 0.2) is 9.84 Å². The van der Waals surface area contributed by atoms with E-state index in [1.54, 1.807) is 19.1 Å². The van der Waals surface area contributed by atoms with Crippen molar-refractivity contribution in [2.75, 3.05) is 12.8 Å². The summed E-state index contributed by atoms with van der Waals surface area (Å²) in [6.07, 6.45) is 1.11. The maximum atomic E-state index is 12.0. The molecule has 1 atom stereocenters. The smallest absolute Gasteiger partial charge is 0.270 e. The van der Waals surface area contributed by atoms with Gasteiger partial charge in [-0.2, -0.15) is 0 Å². The van der Waals surface area contributed by atoms with Gasteiger partial charge in [0.25, 0.3) is 11.6 Å². The van der Waals surface area contributed by atoms with Crippen molar-refractivity contribution in [2.24, 2.45) is 0 Å². The Morgan fingerprint density at radius 1 is 1.14 bits per heavy atom. The molecule has 2 aromatic rings. The number of nitro groups is 1. The third kappa shape index (κ3) is 5.61. The van der Waals surface area contributed by atoms with Crippen LogP contribution < -0.4 is 10.6 Å². The molecule has 0 aliphatic rings. The Morgan fingerprint density at radius 3 is 2.36 bits per heavy atom. The molecule has 0 aliphatic carbocycles. The highest BCUT2D eigenvalue weighted by Gasteiger charge is 2.15. The van der Waals surface area contributed by atoms with E-state index in [9.17, 15) is 28.1 Å². The van der Waals surface area contributed by atoms with Crippen LogP contribution in [0.1, 0.15) is 28.9 Å². The van der Waals surface area contributed by atoms with Crippen LogP contribution in [0.15, 0.2) is 53.4 Å². The zero-order chi connectivity index (χ0) is 20.9. The van der Waals surface area contributed by atoms with Gasteiger partial charge in [-0.3, -0.25) is 19.7 Å². The zero-order valence-electron chi connectivity index (χ0n) is 15.2. The minimum Gasteiger partial charge on any atom is -0.348 e. The van der Waals surface area contributed by atoms with Crippen molar-refractivity contribution in [1.29, 1.82) is 0 Å². The predicted molar refractivity (Wildman–Crippen MR) is 102 cm³/mol. The van der Waals surface area contributed by atoms with Crippen LogP contribution in [0.2, 0.25) is 0 Å². The molecule has 2 aromatic carbocycles. The van der Waals surface area contributed by atoms with Crippen molar-refractivity contribution >= 4 is 27.3 Å². The predicted octanol–water partition coefficient (Wildman–Crippen LogP) is 1.61. The summed E-state index contributed by atoms with van der Waals surface area (Å²) >= 11 is 0. The minimum absolute atomic E-state index is 0.0754. The standard InChI is InChI=1S/C18H19N3O6S/c1-12(13-6-8-16(9-7-13)28(2,26)27)20-17(22)11-19-18(23)14-4-3-5-15(10-14)21(24)25/h3-10,12H,11H2,1-2H3,(H,19,23)(H,20,22). The molecule has 10 heteroatoms. The molecule has 0 bridgehead atoms. The van der Waals surface area contributed by atoms with Gasteiger partial charge in [-0.1, -0.05) is 18.2 Å². The van der Waals surface area contributed by atoms with Crippen molar-refractivity contribution in [2.45, 2.75) is 17.9 Å². The van der Waals surface area contributed by atoms with Crippen LogP contribution in [0.4, 0.5) is 5.69 Å². The molecule has 0 fully saturated rings. The second-order valence-corrected chi connectivity index (χ2v) is 8.14. The van der Waals surface area contributed by atoms with Crippen molar-refractivity contribution in [3.05, 3.63) is 69.8 Å². The van der Waals surface area contributed by atoms with Crippen LogP contribution in [0, 0.1) is 10.1 Å². The quantitative estimate of drug-likeness (QED) is 0.531. The Kier molecular flexibility index (Phi) is 6.47. The van der Waals surface area contributed by atoms with Gasteiger partial charge in [0.2, 0.25) is 5.91 Å². The highest BCUT2D eigenvalue weighted by Crippen LogP contribution is 2.16. The van der Waals surface area contributed by atoms with Gasteiger partial charge < -0.3 is 10.6 Å². The highest BCUT2D eigenvalue weighted by molar-refractivity contribution is 7.90. The second-order valence-electron chi connectivity index (χ2n) is 6.12. The maximum Gasteiger partial charge on any atom is 0.270 e. The maximum absolute atomic E-state index is 12.0. The molecule has 0 aliphatic heterocycles. The lowest BCUT2D eigenvalue weighted by Gasteiger charge is -2.15. The topological polar surface area (TPSA) is 135 Å². The van der Waals surface area contributed by atoms with Crippen LogP contribution in [0.25, 0.3) is 0 Å². The summed E-state index contributed by atoms with van der Waals surface area (Å²) in [5.41, 5.74) is 0.556. The van der Waals surface area contributed by atoms with Crippen LogP contribution in [0.3, 0.4) is 0 Å².